The number of carbonyl (C=O) groups is 2. The molecular weight excluding hydrogens is 384 g/mol. The minimum atomic E-state index is -0.525. The van der Waals surface area contributed by atoms with Crippen molar-refractivity contribution in [3.05, 3.63) is 24.3 Å². The lowest BCUT2D eigenvalue weighted by Gasteiger charge is -2.40. The summed E-state index contributed by atoms with van der Waals surface area (Å²) < 4.78 is 4.97. The van der Waals surface area contributed by atoms with Gasteiger partial charge in [-0.3, -0.25) is 4.90 Å². The van der Waals surface area contributed by atoms with E-state index in [1.807, 2.05) is 12.1 Å². The lowest BCUT2D eigenvalue weighted by molar-refractivity contribution is -0.0310. The number of amides is 3. The van der Waals surface area contributed by atoms with Crippen molar-refractivity contribution in [2.45, 2.75) is 56.6 Å². The molecule has 1 aliphatic carbocycles. The van der Waals surface area contributed by atoms with Gasteiger partial charge in [0.15, 0.2) is 0 Å². The number of cyclic esters (lactones) is 1. The minimum absolute atomic E-state index is 0.124. The molecule has 0 atom stereocenters. The number of carbonyl (C=O) groups excluding carboxylic acids is 2. The van der Waals surface area contributed by atoms with Crippen LogP contribution in [0.25, 0.3) is 0 Å². The van der Waals surface area contributed by atoms with Gasteiger partial charge in [0, 0.05) is 37.1 Å². The second kappa shape index (κ2) is 9.22. The van der Waals surface area contributed by atoms with Crippen molar-refractivity contribution in [3.63, 3.8) is 0 Å². The van der Waals surface area contributed by atoms with Crippen molar-refractivity contribution >= 4 is 23.5 Å². The van der Waals surface area contributed by atoms with Crippen LogP contribution in [0, 0.1) is 0 Å². The molecule has 164 valence electrons. The first-order valence-electron chi connectivity index (χ1n) is 11.1. The molecule has 2 heterocycles. The number of likely N-dealkylation sites (tertiary alicyclic amines) is 1. The molecule has 0 unspecified atom stereocenters. The Morgan fingerprint density at radius 1 is 1.17 bits per heavy atom. The van der Waals surface area contributed by atoms with Crippen LogP contribution in [0.3, 0.4) is 0 Å². The van der Waals surface area contributed by atoms with E-state index in [4.69, 9.17) is 4.74 Å². The predicted octanol–water partition coefficient (Wildman–Crippen LogP) is 2.92. The fourth-order valence-corrected chi connectivity index (χ4v) is 4.75. The molecule has 1 aromatic rings. The van der Waals surface area contributed by atoms with Crippen LogP contribution in [0.1, 0.15) is 44.9 Å². The third kappa shape index (κ3) is 5.23. The molecule has 3 aliphatic rings. The number of β-amino-alcohol motifs (C(OH)–C–C–N with tert-alkyl or cyclic N) is 1. The summed E-state index contributed by atoms with van der Waals surface area (Å²) in [5.41, 5.74) is 0.828. The van der Waals surface area contributed by atoms with E-state index in [0.717, 1.165) is 58.2 Å². The van der Waals surface area contributed by atoms with E-state index in [1.54, 1.807) is 17.0 Å². The molecule has 3 N–H and O–H groups in total. The first kappa shape index (κ1) is 20.9. The predicted molar refractivity (Wildman–Crippen MR) is 115 cm³/mol. The van der Waals surface area contributed by atoms with Crippen LogP contribution in [-0.2, 0) is 4.74 Å². The van der Waals surface area contributed by atoms with Crippen LogP contribution < -0.4 is 15.5 Å². The third-order valence-electron chi connectivity index (χ3n) is 6.40. The Kier molecular flexibility index (Phi) is 6.43. The Hall–Kier alpha value is -2.32. The van der Waals surface area contributed by atoms with Gasteiger partial charge in [0.05, 0.1) is 12.1 Å². The van der Waals surface area contributed by atoms with Crippen LogP contribution in [0.15, 0.2) is 24.3 Å². The highest BCUT2D eigenvalue weighted by Gasteiger charge is 2.33. The van der Waals surface area contributed by atoms with E-state index in [0.29, 0.717) is 24.5 Å². The number of aliphatic hydroxyl groups is 1. The summed E-state index contributed by atoms with van der Waals surface area (Å²) in [5, 5.41) is 16.7. The standard InChI is InChI=1S/C22H32N4O4/c27-20(24-18-5-4-6-19(15-18)26-13-14-30-21(26)28)23-17-7-11-25(12-8-17)16-22(29)9-2-1-3-10-22/h4-6,15,17,29H,1-3,7-14,16H2,(H2,23,24,27). The largest absolute Gasteiger partial charge is 0.447 e. The van der Waals surface area contributed by atoms with Crippen LogP contribution >= 0.6 is 0 Å². The van der Waals surface area contributed by atoms with Gasteiger partial charge in [0.25, 0.3) is 0 Å². The Balaban J connectivity index is 1.23. The summed E-state index contributed by atoms with van der Waals surface area (Å²) in [6.07, 6.45) is 6.68. The zero-order valence-corrected chi connectivity index (χ0v) is 17.4. The molecule has 2 aliphatic heterocycles. The van der Waals surface area contributed by atoms with Crippen molar-refractivity contribution in [1.29, 1.82) is 0 Å². The summed E-state index contributed by atoms with van der Waals surface area (Å²) in [6, 6.07) is 7.10. The van der Waals surface area contributed by atoms with E-state index < -0.39 is 5.60 Å². The molecular formula is C22H32N4O4. The number of rotatable bonds is 5. The number of hydrogen-bond acceptors (Lipinski definition) is 5. The number of benzene rings is 1. The Labute approximate surface area is 177 Å². The molecule has 3 amide bonds. The van der Waals surface area contributed by atoms with Crippen LogP contribution in [0.2, 0.25) is 0 Å². The summed E-state index contributed by atoms with van der Waals surface area (Å²) in [4.78, 5) is 28.1. The smallest absolute Gasteiger partial charge is 0.414 e. The second-order valence-electron chi connectivity index (χ2n) is 8.75. The number of anilines is 2. The first-order chi connectivity index (χ1) is 14.5. The normalized spacial score (nSPS) is 22.6. The number of nitrogens with zero attached hydrogens (tertiary/aromatic N) is 2. The number of urea groups is 1. The summed E-state index contributed by atoms with van der Waals surface area (Å²) in [5.74, 6) is 0. The average Bonchev–Trinajstić information content (AvgIpc) is 3.16. The number of ether oxygens (including phenoxy) is 1. The average molecular weight is 417 g/mol. The molecule has 3 fully saturated rings. The second-order valence-corrected chi connectivity index (χ2v) is 8.75. The summed E-state index contributed by atoms with van der Waals surface area (Å²) >= 11 is 0. The highest BCUT2D eigenvalue weighted by Crippen LogP contribution is 2.29. The van der Waals surface area contributed by atoms with E-state index in [-0.39, 0.29) is 18.2 Å². The van der Waals surface area contributed by atoms with Gasteiger partial charge >= 0.3 is 12.1 Å². The van der Waals surface area contributed by atoms with Gasteiger partial charge < -0.3 is 25.4 Å². The van der Waals surface area contributed by atoms with E-state index in [1.165, 1.54) is 6.42 Å². The molecule has 0 bridgehead atoms. The highest BCUT2D eigenvalue weighted by molar-refractivity contribution is 5.93. The SMILES string of the molecule is O=C(Nc1cccc(N2CCOC2=O)c1)NC1CCN(CC2(O)CCCCC2)CC1. The van der Waals surface area contributed by atoms with Crippen LogP contribution in [-0.4, -0.2) is 66.6 Å². The molecule has 0 aromatic heterocycles. The number of nitrogens with one attached hydrogen (secondary N) is 2. The highest BCUT2D eigenvalue weighted by atomic mass is 16.6. The first-order valence-corrected chi connectivity index (χ1v) is 11.1. The van der Waals surface area contributed by atoms with Gasteiger partial charge in [-0.25, -0.2) is 9.59 Å². The fourth-order valence-electron chi connectivity index (χ4n) is 4.75. The third-order valence-corrected chi connectivity index (χ3v) is 6.40. The monoisotopic (exact) mass is 416 g/mol. The summed E-state index contributed by atoms with van der Waals surface area (Å²) in [7, 11) is 0. The maximum absolute atomic E-state index is 12.4. The van der Waals surface area contributed by atoms with Gasteiger partial charge in [-0.05, 0) is 43.9 Å². The van der Waals surface area contributed by atoms with Gasteiger partial charge in [0.1, 0.15) is 6.61 Å². The van der Waals surface area contributed by atoms with E-state index in [9.17, 15) is 14.7 Å². The Bertz CT molecular complexity index is 757. The lowest BCUT2D eigenvalue weighted by Crippen LogP contribution is -2.51. The Morgan fingerprint density at radius 2 is 1.93 bits per heavy atom. The van der Waals surface area contributed by atoms with Gasteiger partial charge in [-0.1, -0.05) is 25.3 Å². The molecule has 1 saturated carbocycles. The molecule has 1 aromatic carbocycles. The van der Waals surface area contributed by atoms with Crippen molar-refractivity contribution < 1.29 is 19.4 Å². The van der Waals surface area contributed by atoms with Crippen LogP contribution in [0.5, 0.6) is 0 Å². The summed E-state index contributed by atoms with van der Waals surface area (Å²) in [6.45, 7) is 3.42. The van der Waals surface area contributed by atoms with Crippen molar-refractivity contribution in [2.75, 3.05) is 43.0 Å². The topological polar surface area (TPSA) is 94.1 Å². The fraction of sp³-hybridized carbons (Fsp3) is 0.636. The molecule has 4 rings (SSSR count). The molecule has 30 heavy (non-hydrogen) atoms. The minimum Gasteiger partial charge on any atom is -0.447 e. The zero-order valence-electron chi connectivity index (χ0n) is 17.4. The van der Waals surface area contributed by atoms with Crippen molar-refractivity contribution in [2.24, 2.45) is 0 Å². The zero-order chi connectivity index (χ0) is 21.0. The molecule has 0 spiro atoms. The molecule has 8 nitrogen and oxygen atoms in total. The quantitative estimate of drug-likeness (QED) is 0.686. The van der Waals surface area contributed by atoms with Gasteiger partial charge in [0.2, 0.25) is 0 Å². The van der Waals surface area contributed by atoms with Crippen LogP contribution in [0.4, 0.5) is 21.0 Å². The van der Waals surface area contributed by atoms with E-state index >= 15 is 0 Å². The number of hydrogen-bond donors (Lipinski definition) is 3. The lowest BCUT2D eigenvalue weighted by atomic mass is 9.84. The maximum Gasteiger partial charge on any atom is 0.414 e. The van der Waals surface area contributed by atoms with E-state index in [2.05, 4.69) is 15.5 Å². The number of piperidine rings is 1. The molecule has 2 saturated heterocycles. The van der Waals surface area contributed by atoms with Gasteiger partial charge in [-0.15, -0.1) is 0 Å². The Morgan fingerprint density at radius 3 is 2.63 bits per heavy atom. The van der Waals surface area contributed by atoms with Crippen molar-refractivity contribution in [3.8, 4) is 0 Å². The van der Waals surface area contributed by atoms with Crippen molar-refractivity contribution in [1.82, 2.24) is 10.2 Å². The maximum atomic E-state index is 12.4. The van der Waals surface area contributed by atoms with Gasteiger partial charge in [-0.2, -0.15) is 0 Å². The molecule has 8 heteroatoms. The molecule has 0 radical (unpaired) electrons.